The lowest BCUT2D eigenvalue weighted by Gasteiger charge is -2.13. The number of carbonyl (C=O) groups is 1. The lowest BCUT2D eigenvalue weighted by atomic mass is 10.2. The Labute approximate surface area is 179 Å². The van der Waals surface area contributed by atoms with Crippen molar-refractivity contribution in [2.24, 2.45) is 0 Å². The van der Waals surface area contributed by atoms with Gasteiger partial charge in [0.1, 0.15) is 18.1 Å². The summed E-state index contributed by atoms with van der Waals surface area (Å²) in [5, 5.41) is 4.01. The van der Waals surface area contributed by atoms with E-state index in [9.17, 15) is 4.79 Å². The van der Waals surface area contributed by atoms with Crippen LogP contribution in [-0.4, -0.2) is 28.3 Å². The second-order valence-corrected chi connectivity index (χ2v) is 7.95. The summed E-state index contributed by atoms with van der Waals surface area (Å²) in [6.07, 6.45) is 2.03. The lowest BCUT2D eigenvalue weighted by molar-refractivity contribution is -0.122. The molecule has 1 amide bonds. The van der Waals surface area contributed by atoms with Gasteiger partial charge in [0.2, 0.25) is 5.91 Å². The summed E-state index contributed by atoms with van der Waals surface area (Å²) >= 11 is 1.69. The summed E-state index contributed by atoms with van der Waals surface area (Å²) in [6.45, 7) is 4.64. The van der Waals surface area contributed by atoms with E-state index in [2.05, 4.69) is 10.3 Å². The van der Waals surface area contributed by atoms with Crippen molar-refractivity contribution in [1.29, 1.82) is 0 Å². The first-order valence-corrected chi connectivity index (χ1v) is 11.4. The maximum Gasteiger partial charge on any atom is 0.240 e. The van der Waals surface area contributed by atoms with Crippen LogP contribution in [0, 0.1) is 0 Å². The molecule has 4 aromatic rings. The maximum atomic E-state index is 12.8. The lowest BCUT2D eigenvalue weighted by Crippen LogP contribution is -2.30. The first kappa shape index (κ1) is 20.3. The normalized spacial score (nSPS) is 12.4. The van der Waals surface area contributed by atoms with E-state index in [0.29, 0.717) is 23.7 Å². The number of rotatable bonds is 8. The number of fused-ring (bicyclic) bond motifs is 2. The average Bonchev–Trinajstić information content (AvgIpc) is 3.31. The summed E-state index contributed by atoms with van der Waals surface area (Å²) in [4.78, 5) is 17.5. The molecule has 156 valence electrons. The van der Waals surface area contributed by atoms with Crippen molar-refractivity contribution >= 4 is 39.7 Å². The molecule has 4 rings (SSSR count). The minimum absolute atomic E-state index is 0.0847. The molecule has 0 radical (unpaired) electrons. The number of hydrogen-bond donors (Lipinski definition) is 1. The zero-order valence-corrected chi connectivity index (χ0v) is 18.2. The summed E-state index contributed by atoms with van der Waals surface area (Å²) < 4.78 is 13.7. The molecule has 1 N–H and O–H groups in total. The molecule has 0 aliphatic carbocycles. The minimum Gasteiger partial charge on any atom is -0.490 e. The molecule has 0 saturated heterocycles. The van der Waals surface area contributed by atoms with Crippen LogP contribution < -0.4 is 10.1 Å². The standard InChI is InChI=1S/C23H25N3O3S/c1-4-28-19-11-7-8-16-12-20(29-23(16)19)15(2)24-22(27)13-26-18-10-6-5-9-17(18)25-21(26)14-30-3/h5-12,15H,4,13-14H2,1-3H3,(H,24,27). The number of furan rings is 1. The van der Waals surface area contributed by atoms with Gasteiger partial charge >= 0.3 is 0 Å². The molecule has 2 aromatic carbocycles. The molecule has 0 saturated carbocycles. The Morgan fingerprint density at radius 1 is 1.27 bits per heavy atom. The second kappa shape index (κ2) is 8.83. The number of hydrogen-bond acceptors (Lipinski definition) is 5. The van der Waals surface area contributed by atoms with Crippen molar-refractivity contribution in [3.8, 4) is 5.75 Å². The Morgan fingerprint density at radius 2 is 2.10 bits per heavy atom. The molecule has 0 fully saturated rings. The van der Waals surface area contributed by atoms with Gasteiger partial charge in [-0.2, -0.15) is 11.8 Å². The van der Waals surface area contributed by atoms with E-state index >= 15 is 0 Å². The van der Waals surface area contributed by atoms with E-state index < -0.39 is 0 Å². The van der Waals surface area contributed by atoms with Crippen LogP contribution in [0.1, 0.15) is 31.5 Å². The van der Waals surface area contributed by atoms with Crippen molar-refractivity contribution in [3.05, 3.63) is 60.1 Å². The van der Waals surface area contributed by atoms with Crippen LogP contribution in [0.4, 0.5) is 0 Å². The van der Waals surface area contributed by atoms with Gasteiger partial charge in [0.25, 0.3) is 0 Å². The Balaban J connectivity index is 1.53. The third-order valence-electron chi connectivity index (χ3n) is 4.94. The Morgan fingerprint density at radius 3 is 2.90 bits per heavy atom. The van der Waals surface area contributed by atoms with Crippen molar-refractivity contribution < 1.29 is 13.9 Å². The highest BCUT2D eigenvalue weighted by Gasteiger charge is 2.18. The van der Waals surface area contributed by atoms with Gasteiger partial charge in [-0.05, 0) is 44.4 Å². The number of para-hydroxylation sites is 3. The fourth-order valence-electron chi connectivity index (χ4n) is 3.58. The van der Waals surface area contributed by atoms with Crippen LogP contribution in [0.2, 0.25) is 0 Å². The molecule has 1 unspecified atom stereocenters. The van der Waals surface area contributed by atoms with Crippen LogP contribution in [0.25, 0.3) is 22.0 Å². The van der Waals surface area contributed by atoms with Crippen LogP contribution in [-0.2, 0) is 17.1 Å². The van der Waals surface area contributed by atoms with Crippen molar-refractivity contribution in [3.63, 3.8) is 0 Å². The van der Waals surface area contributed by atoms with E-state index in [1.165, 1.54) is 0 Å². The fraction of sp³-hybridized carbons (Fsp3) is 0.304. The molecular weight excluding hydrogens is 398 g/mol. The van der Waals surface area contributed by atoms with Gasteiger partial charge in [0.15, 0.2) is 11.3 Å². The van der Waals surface area contributed by atoms with Gasteiger partial charge in [-0.3, -0.25) is 4.79 Å². The zero-order chi connectivity index (χ0) is 21.1. The summed E-state index contributed by atoms with van der Waals surface area (Å²) in [5.41, 5.74) is 2.58. The summed E-state index contributed by atoms with van der Waals surface area (Å²) in [6, 6.07) is 15.4. The fourth-order valence-corrected chi connectivity index (χ4v) is 4.06. The van der Waals surface area contributed by atoms with Crippen LogP contribution >= 0.6 is 11.8 Å². The molecule has 0 spiro atoms. The number of thioether (sulfide) groups is 1. The Bertz CT molecular complexity index is 1180. The second-order valence-electron chi connectivity index (χ2n) is 7.08. The van der Waals surface area contributed by atoms with Crippen LogP contribution in [0.15, 0.2) is 52.9 Å². The van der Waals surface area contributed by atoms with E-state index in [4.69, 9.17) is 9.15 Å². The van der Waals surface area contributed by atoms with Gasteiger partial charge < -0.3 is 19.0 Å². The van der Waals surface area contributed by atoms with Crippen molar-refractivity contribution in [1.82, 2.24) is 14.9 Å². The van der Waals surface area contributed by atoms with Gasteiger partial charge in [0, 0.05) is 5.39 Å². The van der Waals surface area contributed by atoms with Gasteiger partial charge in [-0.15, -0.1) is 0 Å². The summed E-state index contributed by atoms with van der Waals surface area (Å²) in [5.74, 6) is 2.98. The SMILES string of the molecule is CCOc1cccc2cc(C(C)NC(=O)Cn3c(CSC)nc4ccccc43)oc12. The topological polar surface area (TPSA) is 69.3 Å². The first-order valence-electron chi connectivity index (χ1n) is 9.98. The molecule has 6 nitrogen and oxygen atoms in total. The quantitative estimate of drug-likeness (QED) is 0.436. The van der Waals surface area contributed by atoms with E-state index in [0.717, 1.165) is 28.0 Å². The largest absolute Gasteiger partial charge is 0.490 e. The number of amides is 1. The molecule has 2 heterocycles. The number of ether oxygens (including phenoxy) is 1. The number of imidazole rings is 1. The number of nitrogens with zero attached hydrogens (tertiary/aromatic N) is 2. The monoisotopic (exact) mass is 423 g/mol. The highest BCUT2D eigenvalue weighted by molar-refractivity contribution is 7.97. The molecular formula is C23H25N3O3S. The third-order valence-corrected chi connectivity index (χ3v) is 5.49. The van der Waals surface area contributed by atoms with Gasteiger partial charge in [0.05, 0.1) is 29.4 Å². The number of benzene rings is 2. The first-order chi connectivity index (χ1) is 14.6. The van der Waals surface area contributed by atoms with E-state index in [1.54, 1.807) is 11.8 Å². The number of nitrogens with one attached hydrogen (secondary N) is 1. The zero-order valence-electron chi connectivity index (χ0n) is 17.3. The minimum atomic E-state index is -0.266. The average molecular weight is 424 g/mol. The molecule has 30 heavy (non-hydrogen) atoms. The number of aromatic nitrogens is 2. The van der Waals surface area contributed by atoms with E-state index in [-0.39, 0.29) is 18.5 Å². The van der Waals surface area contributed by atoms with Crippen molar-refractivity contribution in [2.45, 2.75) is 32.2 Å². The molecule has 0 bridgehead atoms. The van der Waals surface area contributed by atoms with Crippen LogP contribution in [0.3, 0.4) is 0 Å². The van der Waals surface area contributed by atoms with E-state index in [1.807, 2.05) is 73.2 Å². The molecule has 7 heteroatoms. The molecule has 0 aliphatic heterocycles. The predicted molar refractivity (Wildman–Crippen MR) is 121 cm³/mol. The smallest absolute Gasteiger partial charge is 0.240 e. The third kappa shape index (κ3) is 4.03. The Hall–Kier alpha value is -2.93. The van der Waals surface area contributed by atoms with Crippen molar-refractivity contribution in [2.75, 3.05) is 12.9 Å². The maximum absolute atomic E-state index is 12.8. The molecule has 2 aromatic heterocycles. The molecule has 0 aliphatic rings. The van der Waals surface area contributed by atoms with Gasteiger partial charge in [-0.1, -0.05) is 24.3 Å². The highest BCUT2D eigenvalue weighted by Crippen LogP contribution is 2.31. The molecule has 1 atom stereocenters. The summed E-state index contributed by atoms with van der Waals surface area (Å²) in [7, 11) is 0. The Kier molecular flexibility index (Phi) is 5.99. The highest BCUT2D eigenvalue weighted by atomic mass is 32.2. The van der Waals surface area contributed by atoms with Gasteiger partial charge in [-0.25, -0.2) is 4.98 Å². The number of carbonyl (C=O) groups excluding carboxylic acids is 1. The predicted octanol–water partition coefficient (Wildman–Crippen LogP) is 4.92. The van der Waals surface area contributed by atoms with Crippen LogP contribution in [0.5, 0.6) is 5.75 Å².